The van der Waals surface area contributed by atoms with Gasteiger partial charge >= 0.3 is 0 Å². The Balaban J connectivity index is 2.33. The van der Waals surface area contributed by atoms with E-state index in [4.69, 9.17) is 5.11 Å². The van der Waals surface area contributed by atoms with Gasteiger partial charge in [-0.1, -0.05) is 6.92 Å². The minimum Gasteiger partial charge on any atom is -0.395 e. The number of nitrogens with one attached hydrogen (secondary N) is 1. The van der Waals surface area contributed by atoms with Crippen LogP contribution in [-0.2, 0) is 6.54 Å². The van der Waals surface area contributed by atoms with Crippen LogP contribution in [0.4, 0.5) is 0 Å². The molecular formula is C9H14BrNOS. The van der Waals surface area contributed by atoms with Crippen LogP contribution in [0.3, 0.4) is 0 Å². The second-order valence-electron chi connectivity index (χ2n) is 2.93. The molecule has 0 spiro atoms. The fourth-order valence-corrected chi connectivity index (χ4v) is 2.25. The average molecular weight is 264 g/mol. The minimum absolute atomic E-state index is 0.210. The van der Waals surface area contributed by atoms with Crippen LogP contribution in [0.1, 0.15) is 18.9 Å². The molecule has 0 saturated heterocycles. The third-order valence-electron chi connectivity index (χ3n) is 1.93. The van der Waals surface area contributed by atoms with E-state index in [9.17, 15) is 0 Å². The zero-order valence-electron chi connectivity index (χ0n) is 7.59. The van der Waals surface area contributed by atoms with E-state index in [0.717, 1.165) is 16.8 Å². The first kappa shape index (κ1) is 11.2. The zero-order valence-corrected chi connectivity index (χ0v) is 9.99. The molecule has 74 valence electrons. The van der Waals surface area contributed by atoms with E-state index in [2.05, 4.69) is 39.6 Å². The molecular weight excluding hydrogens is 250 g/mol. The largest absolute Gasteiger partial charge is 0.395 e. The van der Waals surface area contributed by atoms with Crippen LogP contribution in [0.15, 0.2) is 15.2 Å². The second-order valence-corrected chi connectivity index (χ2v) is 5.22. The van der Waals surface area contributed by atoms with Gasteiger partial charge in [-0.25, -0.2) is 0 Å². The highest BCUT2D eigenvalue weighted by Gasteiger charge is 2.03. The summed E-state index contributed by atoms with van der Waals surface area (Å²) in [6.45, 7) is 3.11. The molecule has 0 radical (unpaired) electrons. The standard InChI is InChI=1S/C9H14BrNOS/c1-2-8(5-12)11-4-7-3-9(10)13-6-7/h3,6,8,11-12H,2,4-5H2,1H3/t8-/m1/s1. The predicted molar refractivity (Wildman–Crippen MR) is 60.0 cm³/mol. The van der Waals surface area contributed by atoms with Crippen LogP contribution in [0.25, 0.3) is 0 Å². The summed E-state index contributed by atoms with van der Waals surface area (Å²) in [5.74, 6) is 0. The van der Waals surface area contributed by atoms with Crippen molar-refractivity contribution in [3.63, 3.8) is 0 Å². The van der Waals surface area contributed by atoms with Gasteiger partial charge in [-0.2, -0.15) is 0 Å². The predicted octanol–water partition coefficient (Wildman–Crippen LogP) is 2.37. The highest BCUT2D eigenvalue weighted by molar-refractivity contribution is 9.11. The van der Waals surface area contributed by atoms with Gasteiger partial charge in [-0.05, 0) is 39.4 Å². The van der Waals surface area contributed by atoms with E-state index in [1.54, 1.807) is 11.3 Å². The molecule has 1 rings (SSSR count). The fourth-order valence-electron chi connectivity index (χ4n) is 1.04. The summed E-state index contributed by atoms with van der Waals surface area (Å²) in [7, 11) is 0. The molecule has 1 atom stereocenters. The Labute approximate surface area is 91.1 Å². The average Bonchev–Trinajstić information content (AvgIpc) is 2.53. The van der Waals surface area contributed by atoms with Gasteiger partial charge in [0.25, 0.3) is 0 Å². The number of thiophene rings is 1. The molecule has 0 aliphatic rings. The van der Waals surface area contributed by atoms with Crippen molar-refractivity contribution in [2.45, 2.75) is 25.9 Å². The number of hydrogen-bond acceptors (Lipinski definition) is 3. The summed E-state index contributed by atoms with van der Waals surface area (Å²) in [5.41, 5.74) is 1.27. The minimum atomic E-state index is 0.210. The van der Waals surface area contributed by atoms with Crippen LogP contribution in [0, 0.1) is 0 Å². The Bertz CT molecular complexity index is 248. The zero-order chi connectivity index (χ0) is 9.68. The van der Waals surface area contributed by atoms with Gasteiger partial charge in [0.2, 0.25) is 0 Å². The lowest BCUT2D eigenvalue weighted by Gasteiger charge is -2.12. The maximum absolute atomic E-state index is 8.94. The normalized spacial score (nSPS) is 13.2. The topological polar surface area (TPSA) is 32.3 Å². The molecule has 0 amide bonds. The van der Waals surface area contributed by atoms with E-state index in [1.165, 1.54) is 5.56 Å². The Morgan fingerprint density at radius 1 is 1.69 bits per heavy atom. The van der Waals surface area contributed by atoms with Crippen molar-refractivity contribution in [2.24, 2.45) is 0 Å². The van der Waals surface area contributed by atoms with Crippen molar-refractivity contribution in [2.75, 3.05) is 6.61 Å². The number of aliphatic hydroxyl groups excluding tert-OH is 1. The Morgan fingerprint density at radius 2 is 2.46 bits per heavy atom. The van der Waals surface area contributed by atoms with Crippen molar-refractivity contribution in [1.29, 1.82) is 0 Å². The first-order chi connectivity index (χ1) is 6.26. The molecule has 1 heterocycles. The Hall–Kier alpha value is 0.100. The SMILES string of the molecule is CC[C@H](CO)NCc1csc(Br)c1. The van der Waals surface area contributed by atoms with Crippen LogP contribution < -0.4 is 5.32 Å². The van der Waals surface area contributed by atoms with Gasteiger partial charge in [0.1, 0.15) is 0 Å². The lowest BCUT2D eigenvalue weighted by molar-refractivity contribution is 0.238. The highest BCUT2D eigenvalue weighted by atomic mass is 79.9. The van der Waals surface area contributed by atoms with Crippen molar-refractivity contribution < 1.29 is 5.11 Å². The van der Waals surface area contributed by atoms with Crippen LogP contribution in [0.5, 0.6) is 0 Å². The van der Waals surface area contributed by atoms with Gasteiger partial charge in [0, 0.05) is 12.6 Å². The molecule has 0 bridgehead atoms. The quantitative estimate of drug-likeness (QED) is 0.855. The summed E-state index contributed by atoms with van der Waals surface area (Å²) in [6, 6.07) is 2.32. The van der Waals surface area contributed by atoms with Gasteiger partial charge < -0.3 is 10.4 Å². The molecule has 0 aliphatic carbocycles. The van der Waals surface area contributed by atoms with Gasteiger partial charge in [-0.3, -0.25) is 0 Å². The summed E-state index contributed by atoms with van der Waals surface area (Å²) >= 11 is 5.10. The van der Waals surface area contributed by atoms with Crippen molar-refractivity contribution in [3.8, 4) is 0 Å². The summed E-state index contributed by atoms with van der Waals surface area (Å²) < 4.78 is 1.15. The molecule has 0 aliphatic heterocycles. The first-order valence-electron chi connectivity index (χ1n) is 4.33. The molecule has 2 N–H and O–H groups in total. The molecule has 13 heavy (non-hydrogen) atoms. The third kappa shape index (κ3) is 3.77. The van der Waals surface area contributed by atoms with Crippen molar-refractivity contribution >= 4 is 27.3 Å². The smallest absolute Gasteiger partial charge is 0.0701 e. The molecule has 4 heteroatoms. The number of rotatable bonds is 5. The number of aliphatic hydroxyl groups is 1. The van der Waals surface area contributed by atoms with Crippen molar-refractivity contribution in [3.05, 3.63) is 20.8 Å². The van der Waals surface area contributed by atoms with Crippen molar-refractivity contribution in [1.82, 2.24) is 5.32 Å². The summed E-state index contributed by atoms with van der Waals surface area (Å²) in [6.07, 6.45) is 0.960. The molecule has 1 aromatic rings. The van der Waals surface area contributed by atoms with Gasteiger partial charge in [0.15, 0.2) is 0 Å². The highest BCUT2D eigenvalue weighted by Crippen LogP contribution is 2.20. The fraction of sp³-hybridized carbons (Fsp3) is 0.556. The summed E-state index contributed by atoms with van der Waals surface area (Å²) in [4.78, 5) is 0. The monoisotopic (exact) mass is 263 g/mol. The summed E-state index contributed by atoms with van der Waals surface area (Å²) in [5, 5.41) is 14.3. The van der Waals surface area contributed by atoms with E-state index in [1.807, 2.05) is 0 Å². The lowest BCUT2D eigenvalue weighted by atomic mass is 10.2. The Morgan fingerprint density at radius 3 is 2.92 bits per heavy atom. The van der Waals surface area contributed by atoms with E-state index < -0.39 is 0 Å². The van der Waals surface area contributed by atoms with Gasteiger partial charge in [-0.15, -0.1) is 11.3 Å². The van der Waals surface area contributed by atoms with Crippen LogP contribution >= 0.6 is 27.3 Å². The second kappa shape index (κ2) is 5.75. The number of halogens is 1. The van der Waals surface area contributed by atoms with E-state index >= 15 is 0 Å². The molecule has 2 nitrogen and oxygen atoms in total. The molecule has 0 aromatic carbocycles. The Kier molecular flexibility index (Phi) is 4.94. The maximum Gasteiger partial charge on any atom is 0.0701 e. The molecule has 0 unspecified atom stereocenters. The van der Waals surface area contributed by atoms with Crippen LogP contribution in [0.2, 0.25) is 0 Å². The van der Waals surface area contributed by atoms with E-state index in [-0.39, 0.29) is 12.6 Å². The lowest BCUT2D eigenvalue weighted by Crippen LogP contribution is -2.30. The first-order valence-corrected chi connectivity index (χ1v) is 6.00. The maximum atomic E-state index is 8.94. The molecule has 1 aromatic heterocycles. The third-order valence-corrected chi connectivity index (χ3v) is 3.48. The van der Waals surface area contributed by atoms with Crippen LogP contribution in [-0.4, -0.2) is 17.8 Å². The molecule has 0 saturated carbocycles. The number of hydrogen-bond donors (Lipinski definition) is 2. The van der Waals surface area contributed by atoms with Gasteiger partial charge in [0.05, 0.1) is 10.4 Å². The van der Waals surface area contributed by atoms with E-state index in [0.29, 0.717) is 0 Å². The molecule has 0 fully saturated rings.